The van der Waals surface area contributed by atoms with E-state index in [-0.39, 0.29) is 5.56 Å². The van der Waals surface area contributed by atoms with Crippen LogP contribution in [0.5, 0.6) is 0 Å². The molecule has 5 nitrogen and oxygen atoms in total. The van der Waals surface area contributed by atoms with Crippen LogP contribution in [-0.4, -0.2) is 16.5 Å². The number of benzene rings is 1. The molecule has 22 heavy (non-hydrogen) atoms. The summed E-state index contributed by atoms with van der Waals surface area (Å²) in [5, 5.41) is 12.0. The second kappa shape index (κ2) is 6.13. The van der Waals surface area contributed by atoms with Gasteiger partial charge in [-0.05, 0) is 18.9 Å². The van der Waals surface area contributed by atoms with Crippen molar-refractivity contribution in [2.24, 2.45) is 0 Å². The Morgan fingerprint density at radius 3 is 2.64 bits per heavy atom. The first kappa shape index (κ1) is 16.6. The van der Waals surface area contributed by atoms with E-state index >= 15 is 0 Å². The maximum atomic E-state index is 13.0. The number of hydrazine groups is 1. The third-order valence-corrected chi connectivity index (χ3v) is 3.67. The molecule has 0 saturated carbocycles. The van der Waals surface area contributed by atoms with Crippen LogP contribution in [0.15, 0.2) is 24.4 Å². The molecule has 1 aliphatic rings. The standard InChI is InChI=1S/C13H13ClF3N3O2/c1-8(18-19-4-2-3-5-19)10-6-9(20(21)22)7-11(12(10)14)13(15,16)17/h2,4,6-8,18H,3,5H2,1H3. The minimum absolute atomic E-state index is 0.0310. The molecule has 9 heteroatoms. The second-order valence-electron chi connectivity index (χ2n) is 4.87. The normalized spacial score (nSPS) is 16.1. The molecule has 0 bridgehead atoms. The van der Waals surface area contributed by atoms with E-state index in [2.05, 4.69) is 5.43 Å². The van der Waals surface area contributed by atoms with E-state index in [1.807, 2.05) is 6.08 Å². The lowest BCUT2D eigenvalue weighted by Gasteiger charge is -2.24. The van der Waals surface area contributed by atoms with Gasteiger partial charge in [0.25, 0.3) is 5.69 Å². The third kappa shape index (κ3) is 3.50. The third-order valence-electron chi connectivity index (χ3n) is 3.25. The average molecular weight is 336 g/mol. The molecular weight excluding hydrogens is 323 g/mol. The molecule has 0 saturated heterocycles. The highest BCUT2D eigenvalue weighted by Gasteiger charge is 2.37. The first-order valence-electron chi connectivity index (χ1n) is 6.44. The van der Waals surface area contributed by atoms with Crippen LogP contribution in [0.1, 0.15) is 30.5 Å². The number of hydrogen-bond acceptors (Lipinski definition) is 4. The molecule has 1 N–H and O–H groups in total. The maximum Gasteiger partial charge on any atom is 0.418 e. The molecule has 0 aliphatic carbocycles. The van der Waals surface area contributed by atoms with Gasteiger partial charge in [-0.2, -0.15) is 13.2 Å². The first-order valence-corrected chi connectivity index (χ1v) is 6.82. The van der Waals surface area contributed by atoms with E-state index in [1.54, 1.807) is 18.1 Å². The van der Waals surface area contributed by atoms with Crippen molar-refractivity contribution in [1.29, 1.82) is 0 Å². The van der Waals surface area contributed by atoms with Crippen LogP contribution in [0.3, 0.4) is 0 Å². The lowest BCUT2D eigenvalue weighted by atomic mass is 10.0. The van der Waals surface area contributed by atoms with Crippen LogP contribution in [0.4, 0.5) is 18.9 Å². The molecular formula is C13H13ClF3N3O2. The fraction of sp³-hybridized carbons (Fsp3) is 0.385. The zero-order chi connectivity index (χ0) is 16.5. The Morgan fingerprint density at radius 2 is 2.14 bits per heavy atom. The monoisotopic (exact) mass is 335 g/mol. The Kier molecular flexibility index (Phi) is 4.62. The predicted molar refractivity (Wildman–Crippen MR) is 75.1 cm³/mol. The number of nitrogens with zero attached hydrogens (tertiary/aromatic N) is 2. The van der Waals surface area contributed by atoms with Crippen LogP contribution >= 0.6 is 11.6 Å². The highest BCUT2D eigenvalue weighted by atomic mass is 35.5. The summed E-state index contributed by atoms with van der Waals surface area (Å²) in [5.74, 6) is 0. The summed E-state index contributed by atoms with van der Waals surface area (Å²) in [6.45, 7) is 2.26. The molecule has 1 heterocycles. The van der Waals surface area contributed by atoms with Crippen LogP contribution in [-0.2, 0) is 6.18 Å². The fourth-order valence-corrected chi connectivity index (χ4v) is 2.55. The Hall–Kier alpha value is -1.80. The zero-order valence-corrected chi connectivity index (χ0v) is 12.3. The van der Waals surface area contributed by atoms with Gasteiger partial charge in [0.1, 0.15) is 0 Å². The van der Waals surface area contributed by atoms with Gasteiger partial charge in [0, 0.05) is 24.9 Å². The molecule has 1 aliphatic heterocycles. The number of nitro groups is 1. The summed E-state index contributed by atoms with van der Waals surface area (Å²) in [5.41, 5.74) is 1.14. The maximum absolute atomic E-state index is 13.0. The molecule has 0 radical (unpaired) electrons. The first-order chi connectivity index (χ1) is 10.2. The Labute approximate surface area is 129 Å². The summed E-state index contributed by atoms with van der Waals surface area (Å²) in [4.78, 5) is 10.0. The van der Waals surface area contributed by atoms with Crippen LogP contribution < -0.4 is 5.43 Å². The molecule has 2 rings (SSSR count). The SMILES string of the molecule is CC(NN1C=CCC1)c1cc([N+](=O)[O-])cc(C(F)(F)F)c1Cl. The van der Waals surface area contributed by atoms with E-state index in [0.717, 1.165) is 12.5 Å². The van der Waals surface area contributed by atoms with Crippen molar-refractivity contribution in [3.63, 3.8) is 0 Å². The van der Waals surface area contributed by atoms with Crippen molar-refractivity contribution in [3.05, 3.63) is 50.7 Å². The molecule has 0 amide bonds. The summed E-state index contributed by atoms with van der Waals surface area (Å²) in [6, 6.07) is 0.903. The highest BCUT2D eigenvalue weighted by molar-refractivity contribution is 6.32. The number of nitro benzene ring substituents is 1. The van der Waals surface area contributed by atoms with Crippen molar-refractivity contribution >= 4 is 17.3 Å². The highest BCUT2D eigenvalue weighted by Crippen LogP contribution is 2.40. The number of nitrogens with one attached hydrogen (secondary N) is 1. The second-order valence-corrected chi connectivity index (χ2v) is 5.25. The average Bonchev–Trinajstić information content (AvgIpc) is 2.89. The van der Waals surface area contributed by atoms with Gasteiger partial charge in [-0.25, -0.2) is 5.43 Å². The zero-order valence-electron chi connectivity index (χ0n) is 11.5. The van der Waals surface area contributed by atoms with E-state index < -0.39 is 33.4 Å². The van der Waals surface area contributed by atoms with Crippen molar-refractivity contribution in [3.8, 4) is 0 Å². The Bertz CT molecular complexity index is 619. The van der Waals surface area contributed by atoms with Gasteiger partial charge < -0.3 is 5.01 Å². The Balaban J connectivity index is 2.42. The molecule has 0 fully saturated rings. The fourth-order valence-electron chi connectivity index (χ4n) is 2.17. The predicted octanol–water partition coefficient (Wildman–Crippen LogP) is 4.05. The molecule has 1 atom stereocenters. The molecule has 1 aromatic carbocycles. The van der Waals surface area contributed by atoms with Gasteiger partial charge in [-0.3, -0.25) is 10.1 Å². The van der Waals surface area contributed by atoms with E-state index in [1.165, 1.54) is 0 Å². The molecule has 1 unspecified atom stereocenters. The van der Waals surface area contributed by atoms with E-state index in [9.17, 15) is 23.3 Å². The van der Waals surface area contributed by atoms with Crippen molar-refractivity contribution in [1.82, 2.24) is 10.4 Å². The number of halogens is 4. The molecule has 0 aromatic heterocycles. The van der Waals surface area contributed by atoms with E-state index in [4.69, 9.17) is 11.6 Å². The van der Waals surface area contributed by atoms with Crippen molar-refractivity contribution in [2.45, 2.75) is 25.6 Å². The largest absolute Gasteiger partial charge is 0.418 e. The quantitative estimate of drug-likeness (QED) is 0.666. The molecule has 1 aromatic rings. The lowest BCUT2D eigenvalue weighted by molar-refractivity contribution is -0.385. The van der Waals surface area contributed by atoms with Gasteiger partial charge >= 0.3 is 6.18 Å². The smallest absolute Gasteiger partial charge is 0.315 e. The van der Waals surface area contributed by atoms with Crippen molar-refractivity contribution in [2.75, 3.05) is 6.54 Å². The summed E-state index contributed by atoms with van der Waals surface area (Å²) in [6.07, 6.45) is -0.288. The van der Waals surface area contributed by atoms with Gasteiger partial charge in [0.15, 0.2) is 0 Å². The summed E-state index contributed by atoms with van der Waals surface area (Å²) >= 11 is 5.83. The number of non-ortho nitro benzene ring substituents is 1. The van der Waals surface area contributed by atoms with Crippen LogP contribution in [0.25, 0.3) is 0 Å². The number of hydrogen-bond donors (Lipinski definition) is 1. The lowest BCUT2D eigenvalue weighted by Crippen LogP contribution is -2.34. The van der Waals surface area contributed by atoms with Crippen molar-refractivity contribution < 1.29 is 18.1 Å². The Morgan fingerprint density at radius 1 is 1.45 bits per heavy atom. The van der Waals surface area contributed by atoms with Gasteiger partial charge in [-0.15, -0.1) is 0 Å². The van der Waals surface area contributed by atoms with Crippen LogP contribution in [0, 0.1) is 10.1 Å². The van der Waals surface area contributed by atoms with E-state index in [0.29, 0.717) is 12.6 Å². The minimum atomic E-state index is -4.76. The summed E-state index contributed by atoms with van der Waals surface area (Å²) < 4.78 is 39.0. The van der Waals surface area contributed by atoms with Gasteiger partial charge in [0.2, 0.25) is 0 Å². The molecule has 0 spiro atoms. The number of rotatable bonds is 4. The summed E-state index contributed by atoms with van der Waals surface area (Å²) in [7, 11) is 0. The topological polar surface area (TPSA) is 58.4 Å². The van der Waals surface area contributed by atoms with Gasteiger partial charge in [0.05, 0.1) is 21.6 Å². The number of alkyl halides is 3. The minimum Gasteiger partial charge on any atom is -0.315 e. The molecule has 120 valence electrons. The van der Waals surface area contributed by atoms with Crippen LogP contribution in [0.2, 0.25) is 5.02 Å². The van der Waals surface area contributed by atoms with Gasteiger partial charge in [-0.1, -0.05) is 17.7 Å².